The molecule has 0 saturated heterocycles. The first-order chi connectivity index (χ1) is 7.63. The Bertz CT molecular complexity index is 499. The molecule has 0 radical (unpaired) electrons. The van der Waals surface area contributed by atoms with Crippen LogP contribution in [0.1, 0.15) is 0 Å². The number of halogens is 1. The Hall–Kier alpha value is -2.08. The summed E-state index contributed by atoms with van der Waals surface area (Å²) < 4.78 is 5.36. The summed E-state index contributed by atoms with van der Waals surface area (Å²) in [6, 6.07) is 3.06. The number of pyridine rings is 1. The maximum absolute atomic E-state index is 5.75. The van der Waals surface area contributed by atoms with Crippen LogP contribution in [0.5, 0.6) is 11.6 Å². The number of nitrogens with two attached hydrogens (primary N) is 2. The first kappa shape index (κ1) is 10.4. The van der Waals surface area contributed by atoms with E-state index in [0.717, 1.165) is 0 Å². The second kappa shape index (κ2) is 4.19. The maximum atomic E-state index is 5.75. The molecule has 0 aliphatic carbocycles. The minimum atomic E-state index is 0.0463. The van der Waals surface area contributed by atoms with Crippen molar-refractivity contribution in [3.05, 3.63) is 29.5 Å². The van der Waals surface area contributed by atoms with E-state index in [2.05, 4.69) is 15.0 Å². The Morgan fingerprint density at radius 1 is 1.12 bits per heavy atom. The Kier molecular flexibility index (Phi) is 2.74. The van der Waals surface area contributed by atoms with Gasteiger partial charge in [0.2, 0.25) is 11.8 Å². The average molecular weight is 238 g/mol. The lowest BCUT2D eigenvalue weighted by atomic mass is 10.4. The Morgan fingerprint density at radius 2 is 1.94 bits per heavy atom. The first-order valence-electron chi connectivity index (χ1n) is 4.32. The number of hydrogen-bond acceptors (Lipinski definition) is 6. The highest BCUT2D eigenvalue weighted by molar-refractivity contribution is 6.30. The number of rotatable bonds is 2. The fraction of sp³-hybridized carbons (Fsp3) is 0. The number of hydrogen-bond donors (Lipinski definition) is 2. The summed E-state index contributed by atoms with van der Waals surface area (Å²) in [5, 5.41) is 0.465. The summed E-state index contributed by atoms with van der Waals surface area (Å²) in [5.41, 5.74) is 10.9. The van der Waals surface area contributed by atoms with Crippen molar-refractivity contribution in [2.75, 3.05) is 11.5 Å². The van der Waals surface area contributed by atoms with Crippen LogP contribution in [0.4, 0.5) is 11.8 Å². The van der Waals surface area contributed by atoms with E-state index in [9.17, 15) is 0 Å². The third kappa shape index (κ3) is 2.48. The monoisotopic (exact) mass is 237 g/mol. The topological polar surface area (TPSA) is 99.9 Å². The van der Waals surface area contributed by atoms with Crippen molar-refractivity contribution >= 4 is 23.4 Å². The Balaban J connectivity index is 2.27. The molecule has 0 saturated carbocycles. The summed E-state index contributed by atoms with van der Waals surface area (Å²) in [7, 11) is 0. The quantitative estimate of drug-likeness (QED) is 0.821. The molecule has 0 aliphatic heterocycles. The molecule has 0 unspecified atom stereocenters. The van der Waals surface area contributed by atoms with Crippen LogP contribution in [-0.4, -0.2) is 15.0 Å². The summed E-state index contributed by atoms with van der Waals surface area (Å²) in [6.45, 7) is 0. The van der Waals surface area contributed by atoms with Crippen molar-refractivity contribution in [2.24, 2.45) is 0 Å². The highest BCUT2D eigenvalue weighted by Crippen LogP contribution is 2.22. The summed E-state index contributed by atoms with van der Waals surface area (Å²) in [6.07, 6.45) is 3.00. The first-order valence-corrected chi connectivity index (χ1v) is 4.70. The standard InChI is InChI=1S/C9H8ClN5O/c10-5-1-6(4-13-3-5)16-8-2-7(11)14-9(12)15-8/h1-4H,(H4,11,12,14,15). The van der Waals surface area contributed by atoms with Gasteiger partial charge in [0.25, 0.3) is 0 Å². The molecule has 0 spiro atoms. The molecule has 7 heteroatoms. The molecule has 4 N–H and O–H groups in total. The molecular weight excluding hydrogens is 230 g/mol. The number of anilines is 2. The van der Waals surface area contributed by atoms with E-state index in [1.54, 1.807) is 6.07 Å². The van der Waals surface area contributed by atoms with Gasteiger partial charge in [-0.3, -0.25) is 4.98 Å². The molecule has 0 atom stereocenters. The normalized spacial score (nSPS) is 10.1. The lowest BCUT2D eigenvalue weighted by molar-refractivity contribution is 0.461. The van der Waals surface area contributed by atoms with Gasteiger partial charge < -0.3 is 16.2 Å². The number of nitrogen functional groups attached to an aromatic ring is 2. The van der Waals surface area contributed by atoms with E-state index < -0.39 is 0 Å². The molecule has 82 valence electrons. The third-order valence-corrected chi connectivity index (χ3v) is 1.85. The van der Waals surface area contributed by atoms with Gasteiger partial charge in [0.1, 0.15) is 11.6 Å². The van der Waals surface area contributed by atoms with Gasteiger partial charge >= 0.3 is 0 Å². The lowest BCUT2D eigenvalue weighted by Crippen LogP contribution is -2.00. The predicted octanol–water partition coefficient (Wildman–Crippen LogP) is 1.48. The van der Waals surface area contributed by atoms with Gasteiger partial charge in [-0.05, 0) is 0 Å². The molecular formula is C9H8ClN5O. The van der Waals surface area contributed by atoms with Crippen molar-refractivity contribution in [3.8, 4) is 11.6 Å². The van der Waals surface area contributed by atoms with Crippen molar-refractivity contribution < 1.29 is 4.74 Å². The van der Waals surface area contributed by atoms with Crippen LogP contribution in [0, 0.1) is 0 Å². The molecule has 0 fully saturated rings. The van der Waals surface area contributed by atoms with Crippen molar-refractivity contribution in [3.63, 3.8) is 0 Å². The van der Waals surface area contributed by atoms with Crippen LogP contribution in [0.15, 0.2) is 24.5 Å². The summed E-state index contributed by atoms with van der Waals surface area (Å²) >= 11 is 5.75. The highest BCUT2D eigenvalue weighted by atomic mass is 35.5. The van der Waals surface area contributed by atoms with Gasteiger partial charge in [-0.2, -0.15) is 9.97 Å². The van der Waals surface area contributed by atoms with Gasteiger partial charge in [-0.1, -0.05) is 11.6 Å². The molecule has 2 aromatic heterocycles. The van der Waals surface area contributed by atoms with Crippen LogP contribution in [-0.2, 0) is 0 Å². The molecule has 6 nitrogen and oxygen atoms in total. The van der Waals surface area contributed by atoms with Gasteiger partial charge in [0.05, 0.1) is 11.2 Å². The summed E-state index contributed by atoms with van der Waals surface area (Å²) in [5.74, 6) is 0.974. The molecule has 0 aliphatic rings. The Morgan fingerprint density at radius 3 is 2.62 bits per heavy atom. The molecule has 2 aromatic rings. The van der Waals surface area contributed by atoms with Crippen molar-refractivity contribution in [1.82, 2.24) is 15.0 Å². The number of nitrogens with zero attached hydrogens (tertiary/aromatic N) is 3. The van der Waals surface area contributed by atoms with Crippen LogP contribution >= 0.6 is 11.6 Å². The second-order valence-electron chi connectivity index (χ2n) is 2.93. The molecule has 16 heavy (non-hydrogen) atoms. The van der Waals surface area contributed by atoms with Crippen LogP contribution in [0.2, 0.25) is 5.02 Å². The van der Waals surface area contributed by atoms with Gasteiger partial charge in [-0.15, -0.1) is 0 Å². The molecule has 0 bridgehead atoms. The van der Waals surface area contributed by atoms with E-state index >= 15 is 0 Å². The molecule has 0 aromatic carbocycles. The van der Waals surface area contributed by atoms with E-state index in [4.69, 9.17) is 27.8 Å². The number of ether oxygens (including phenoxy) is 1. The van der Waals surface area contributed by atoms with E-state index in [1.165, 1.54) is 18.5 Å². The van der Waals surface area contributed by atoms with Crippen LogP contribution in [0.3, 0.4) is 0 Å². The highest BCUT2D eigenvalue weighted by Gasteiger charge is 2.03. The van der Waals surface area contributed by atoms with E-state index in [-0.39, 0.29) is 17.6 Å². The van der Waals surface area contributed by atoms with E-state index in [0.29, 0.717) is 10.8 Å². The molecule has 0 amide bonds. The van der Waals surface area contributed by atoms with Gasteiger partial charge in [0, 0.05) is 18.3 Å². The van der Waals surface area contributed by atoms with Gasteiger partial charge in [-0.25, -0.2) is 0 Å². The zero-order chi connectivity index (χ0) is 11.5. The third-order valence-electron chi connectivity index (χ3n) is 1.64. The van der Waals surface area contributed by atoms with E-state index in [1.807, 2.05) is 0 Å². The zero-order valence-corrected chi connectivity index (χ0v) is 8.85. The fourth-order valence-electron chi connectivity index (χ4n) is 1.08. The maximum Gasteiger partial charge on any atom is 0.226 e. The van der Waals surface area contributed by atoms with Crippen LogP contribution in [0.25, 0.3) is 0 Å². The smallest absolute Gasteiger partial charge is 0.226 e. The van der Waals surface area contributed by atoms with Crippen molar-refractivity contribution in [1.29, 1.82) is 0 Å². The number of aromatic nitrogens is 3. The Labute approximate surface area is 96.2 Å². The predicted molar refractivity (Wildman–Crippen MR) is 60.2 cm³/mol. The molecule has 2 heterocycles. The molecule has 2 rings (SSSR count). The van der Waals surface area contributed by atoms with Gasteiger partial charge in [0.15, 0.2) is 0 Å². The summed E-state index contributed by atoms with van der Waals surface area (Å²) in [4.78, 5) is 11.4. The minimum absolute atomic E-state index is 0.0463. The largest absolute Gasteiger partial charge is 0.437 e. The van der Waals surface area contributed by atoms with Crippen molar-refractivity contribution in [2.45, 2.75) is 0 Å². The minimum Gasteiger partial charge on any atom is -0.437 e. The fourth-order valence-corrected chi connectivity index (χ4v) is 1.25. The second-order valence-corrected chi connectivity index (χ2v) is 3.37. The lowest BCUT2D eigenvalue weighted by Gasteiger charge is -2.05. The zero-order valence-electron chi connectivity index (χ0n) is 8.09. The van der Waals surface area contributed by atoms with Crippen LogP contribution < -0.4 is 16.2 Å². The SMILES string of the molecule is Nc1cc(Oc2cncc(Cl)c2)nc(N)n1. The average Bonchev–Trinajstić information content (AvgIpc) is 2.15.